The fourth-order valence-corrected chi connectivity index (χ4v) is 6.04. The second-order valence-electron chi connectivity index (χ2n) is 7.43. The molecule has 2 aliphatic rings. The lowest BCUT2D eigenvalue weighted by atomic mass is 10.2. The van der Waals surface area contributed by atoms with E-state index in [4.69, 9.17) is 4.98 Å². The second-order valence-corrected chi connectivity index (χ2v) is 9.46. The molecule has 3 heterocycles. The van der Waals surface area contributed by atoms with E-state index in [1.165, 1.54) is 22.2 Å². The molecule has 1 aliphatic heterocycles. The number of thiophene rings is 1. The first-order valence-corrected chi connectivity index (χ1v) is 11.5. The van der Waals surface area contributed by atoms with E-state index in [0.29, 0.717) is 10.9 Å². The van der Waals surface area contributed by atoms with Crippen LogP contribution < -0.4 is 5.56 Å². The molecule has 0 unspecified atom stereocenters. The third-order valence-corrected chi connectivity index (χ3v) is 7.64. The number of hydrogen-bond donors (Lipinski definition) is 0. The number of carbonyl (C=O) groups excluding carboxylic acids is 1. The Kier molecular flexibility index (Phi) is 4.51. The molecule has 0 spiro atoms. The van der Waals surface area contributed by atoms with Gasteiger partial charge in [0.2, 0.25) is 5.91 Å². The number of aromatic nitrogens is 2. The van der Waals surface area contributed by atoms with Gasteiger partial charge < -0.3 is 4.90 Å². The quantitative estimate of drug-likeness (QED) is 0.487. The summed E-state index contributed by atoms with van der Waals surface area (Å²) in [6.07, 6.45) is 4.19. The van der Waals surface area contributed by atoms with Gasteiger partial charge in [0.1, 0.15) is 4.83 Å². The molecule has 1 aliphatic carbocycles. The molecule has 5 nitrogen and oxygen atoms in total. The number of carbonyl (C=O) groups is 1. The Bertz CT molecular complexity index is 1130. The van der Waals surface area contributed by atoms with Crippen molar-refractivity contribution in [2.45, 2.75) is 37.8 Å². The molecule has 3 aromatic rings. The summed E-state index contributed by atoms with van der Waals surface area (Å²) >= 11 is 3.01. The van der Waals surface area contributed by atoms with Gasteiger partial charge in [0.15, 0.2) is 5.16 Å². The van der Waals surface area contributed by atoms with Gasteiger partial charge in [-0.05, 0) is 50.3 Å². The predicted octanol–water partition coefficient (Wildman–Crippen LogP) is 3.57. The van der Waals surface area contributed by atoms with Crippen LogP contribution in [0.15, 0.2) is 34.2 Å². The smallest absolute Gasteiger partial charge is 0.267 e. The minimum Gasteiger partial charge on any atom is -0.342 e. The van der Waals surface area contributed by atoms with E-state index in [9.17, 15) is 9.59 Å². The van der Waals surface area contributed by atoms with Crippen LogP contribution in [0.5, 0.6) is 0 Å². The molecule has 1 aromatic carbocycles. The molecule has 2 aromatic heterocycles. The van der Waals surface area contributed by atoms with Gasteiger partial charge in [-0.3, -0.25) is 14.2 Å². The first-order valence-electron chi connectivity index (χ1n) is 9.67. The van der Waals surface area contributed by atoms with Gasteiger partial charge in [-0.25, -0.2) is 4.98 Å². The summed E-state index contributed by atoms with van der Waals surface area (Å²) in [5.41, 5.74) is 3.13. The van der Waals surface area contributed by atoms with Crippen LogP contribution in [0.3, 0.4) is 0 Å². The predicted molar refractivity (Wildman–Crippen MR) is 114 cm³/mol. The Morgan fingerprint density at radius 1 is 1.18 bits per heavy atom. The van der Waals surface area contributed by atoms with E-state index in [0.717, 1.165) is 60.2 Å². The van der Waals surface area contributed by atoms with Gasteiger partial charge >= 0.3 is 0 Å². The lowest BCUT2D eigenvalue weighted by Gasteiger charge is -2.30. The van der Waals surface area contributed by atoms with Crippen molar-refractivity contribution in [1.29, 1.82) is 0 Å². The van der Waals surface area contributed by atoms with Crippen molar-refractivity contribution < 1.29 is 4.79 Å². The van der Waals surface area contributed by atoms with Crippen molar-refractivity contribution in [3.63, 3.8) is 0 Å². The summed E-state index contributed by atoms with van der Waals surface area (Å²) in [7, 11) is 0. The molecule has 0 bridgehead atoms. The van der Waals surface area contributed by atoms with Crippen LogP contribution in [0.4, 0.5) is 0 Å². The summed E-state index contributed by atoms with van der Waals surface area (Å²) in [4.78, 5) is 34.7. The molecular weight excluding hydrogens is 390 g/mol. The van der Waals surface area contributed by atoms with Gasteiger partial charge in [-0.15, -0.1) is 11.3 Å². The maximum atomic E-state index is 13.5. The molecular formula is C21H21N3O2S2. The second kappa shape index (κ2) is 7.04. The van der Waals surface area contributed by atoms with Crippen LogP contribution in [0, 0.1) is 6.92 Å². The zero-order valence-electron chi connectivity index (χ0n) is 15.7. The van der Waals surface area contributed by atoms with E-state index in [1.807, 2.05) is 36.1 Å². The number of aryl methyl sites for hydroxylation is 3. The first-order chi connectivity index (χ1) is 13.6. The van der Waals surface area contributed by atoms with Crippen molar-refractivity contribution in [3.05, 3.63) is 50.6 Å². The first kappa shape index (κ1) is 17.9. The average Bonchev–Trinajstić information content (AvgIpc) is 3.20. The van der Waals surface area contributed by atoms with E-state index in [2.05, 4.69) is 0 Å². The highest BCUT2D eigenvalue weighted by molar-refractivity contribution is 7.99. The van der Waals surface area contributed by atoms with Crippen molar-refractivity contribution in [3.8, 4) is 5.69 Å². The van der Waals surface area contributed by atoms with Crippen LogP contribution in [0.2, 0.25) is 0 Å². The summed E-state index contributed by atoms with van der Waals surface area (Å²) in [5, 5.41) is 1.38. The standard InChI is InChI=1S/C21H21N3O2S2/c1-13-6-8-14(9-7-13)24-20(26)18-15-4-2-5-16(15)28-19(18)22-21(24)27-12-17(25)23-10-3-11-23/h6-9H,2-5,10-12H2,1H3. The third kappa shape index (κ3) is 2.97. The zero-order chi connectivity index (χ0) is 19.3. The third-order valence-electron chi connectivity index (χ3n) is 5.53. The average molecular weight is 412 g/mol. The molecule has 5 rings (SSSR count). The molecule has 1 amide bonds. The Labute approximate surface area is 171 Å². The topological polar surface area (TPSA) is 55.2 Å². The Balaban J connectivity index is 1.62. The van der Waals surface area contributed by atoms with Crippen molar-refractivity contribution in [2.24, 2.45) is 0 Å². The minimum atomic E-state index is -0.00727. The van der Waals surface area contributed by atoms with Crippen LogP contribution in [0.1, 0.15) is 28.8 Å². The van der Waals surface area contributed by atoms with Crippen molar-refractivity contribution >= 4 is 39.2 Å². The maximum absolute atomic E-state index is 13.5. The Morgan fingerprint density at radius 3 is 2.68 bits per heavy atom. The number of rotatable bonds is 4. The highest BCUT2D eigenvalue weighted by Crippen LogP contribution is 2.36. The SMILES string of the molecule is Cc1ccc(-n2c(SCC(=O)N3CCC3)nc3sc4c(c3c2=O)CCC4)cc1. The largest absolute Gasteiger partial charge is 0.342 e. The Morgan fingerprint density at radius 2 is 1.96 bits per heavy atom. The molecule has 0 atom stereocenters. The molecule has 1 saturated heterocycles. The van der Waals surface area contributed by atoms with Gasteiger partial charge in [-0.1, -0.05) is 29.5 Å². The normalized spacial score (nSPS) is 15.7. The Hall–Kier alpha value is -2.12. The lowest BCUT2D eigenvalue weighted by molar-refractivity contribution is -0.131. The van der Waals surface area contributed by atoms with E-state index >= 15 is 0 Å². The highest BCUT2D eigenvalue weighted by Gasteiger charge is 2.25. The van der Waals surface area contributed by atoms with Crippen LogP contribution >= 0.6 is 23.1 Å². The summed E-state index contributed by atoms with van der Waals surface area (Å²) in [5.74, 6) is 0.434. The summed E-state index contributed by atoms with van der Waals surface area (Å²) < 4.78 is 1.70. The van der Waals surface area contributed by atoms with Crippen LogP contribution in [-0.2, 0) is 17.6 Å². The summed E-state index contributed by atoms with van der Waals surface area (Å²) in [6.45, 7) is 3.71. The van der Waals surface area contributed by atoms with Gasteiger partial charge in [0, 0.05) is 18.0 Å². The number of fused-ring (bicyclic) bond motifs is 3. The molecule has 0 saturated carbocycles. The van der Waals surface area contributed by atoms with Gasteiger partial charge in [-0.2, -0.15) is 0 Å². The van der Waals surface area contributed by atoms with E-state index in [1.54, 1.807) is 15.9 Å². The molecule has 144 valence electrons. The van der Waals surface area contributed by atoms with Crippen molar-refractivity contribution in [2.75, 3.05) is 18.8 Å². The fourth-order valence-electron chi connectivity index (χ4n) is 3.83. The van der Waals surface area contributed by atoms with E-state index in [-0.39, 0.29) is 11.5 Å². The van der Waals surface area contributed by atoms with Crippen molar-refractivity contribution in [1.82, 2.24) is 14.5 Å². The number of nitrogens with zero attached hydrogens (tertiary/aromatic N) is 3. The minimum absolute atomic E-state index is 0.00727. The number of benzene rings is 1. The number of amides is 1. The van der Waals surface area contributed by atoms with E-state index < -0.39 is 0 Å². The van der Waals surface area contributed by atoms with Crippen LogP contribution in [-0.4, -0.2) is 39.2 Å². The van der Waals surface area contributed by atoms with Gasteiger partial charge in [0.05, 0.1) is 16.8 Å². The summed E-state index contributed by atoms with van der Waals surface area (Å²) in [6, 6.07) is 7.92. The highest BCUT2D eigenvalue weighted by atomic mass is 32.2. The monoisotopic (exact) mass is 411 g/mol. The molecule has 0 N–H and O–H groups in total. The number of likely N-dealkylation sites (tertiary alicyclic amines) is 1. The maximum Gasteiger partial charge on any atom is 0.267 e. The van der Waals surface area contributed by atoms with Gasteiger partial charge in [0.25, 0.3) is 5.56 Å². The fraction of sp³-hybridized carbons (Fsp3) is 0.381. The zero-order valence-corrected chi connectivity index (χ0v) is 17.4. The molecule has 7 heteroatoms. The molecule has 0 radical (unpaired) electrons. The lowest BCUT2D eigenvalue weighted by Crippen LogP contribution is -2.43. The van der Waals surface area contributed by atoms with Crippen LogP contribution in [0.25, 0.3) is 15.9 Å². The number of hydrogen-bond acceptors (Lipinski definition) is 5. The molecule has 1 fully saturated rings. The molecule has 28 heavy (non-hydrogen) atoms. The number of thioether (sulfide) groups is 1.